The lowest BCUT2D eigenvalue weighted by molar-refractivity contribution is 0.254. The van der Waals surface area contributed by atoms with E-state index < -0.39 is 0 Å². The predicted octanol–water partition coefficient (Wildman–Crippen LogP) is 3.34. The standard InChI is InChI=1S/C12H15BrO/c1-8(13)5-10-3-4-12-11(7-10)6-9(2)14-12/h3-4,7-9H,5-6H2,1-2H3. The van der Waals surface area contributed by atoms with Crippen LogP contribution in [0.5, 0.6) is 5.75 Å². The number of hydrogen-bond acceptors (Lipinski definition) is 1. The highest BCUT2D eigenvalue weighted by atomic mass is 79.9. The van der Waals surface area contributed by atoms with Crippen molar-refractivity contribution < 1.29 is 4.74 Å². The highest BCUT2D eigenvalue weighted by molar-refractivity contribution is 9.09. The molecule has 2 atom stereocenters. The average Bonchev–Trinajstić information content (AvgIpc) is 2.42. The summed E-state index contributed by atoms with van der Waals surface area (Å²) in [6, 6.07) is 6.54. The quantitative estimate of drug-likeness (QED) is 0.736. The molecule has 2 heteroatoms. The second kappa shape index (κ2) is 3.93. The first-order valence-electron chi connectivity index (χ1n) is 5.07. The van der Waals surface area contributed by atoms with Crippen LogP contribution in [0, 0.1) is 0 Å². The van der Waals surface area contributed by atoms with Gasteiger partial charge in [-0.25, -0.2) is 0 Å². The lowest BCUT2D eigenvalue weighted by Crippen LogP contribution is -2.05. The van der Waals surface area contributed by atoms with Gasteiger partial charge in [0.2, 0.25) is 0 Å². The van der Waals surface area contributed by atoms with Crippen molar-refractivity contribution in [3.63, 3.8) is 0 Å². The molecule has 0 aromatic heterocycles. The predicted molar refractivity (Wildman–Crippen MR) is 62.3 cm³/mol. The molecule has 76 valence electrons. The fourth-order valence-corrected chi connectivity index (χ4v) is 2.30. The highest BCUT2D eigenvalue weighted by Crippen LogP contribution is 2.29. The Morgan fingerprint density at radius 2 is 2.36 bits per heavy atom. The molecule has 2 rings (SSSR count). The first kappa shape index (κ1) is 10.0. The monoisotopic (exact) mass is 254 g/mol. The van der Waals surface area contributed by atoms with Crippen molar-refractivity contribution in [2.45, 2.75) is 37.6 Å². The fourth-order valence-electron chi connectivity index (χ4n) is 1.93. The summed E-state index contributed by atoms with van der Waals surface area (Å²) in [5, 5.41) is 0. The van der Waals surface area contributed by atoms with Crippen LogP contribution in [-0.4, -0.2) is 10.9 Å². The number of fused-ring (bicyclic) bond motifs is 1. The summed E-state index contributed by atoms with van der Waals surface area (Å²) < 4.78 is 5.66. The van der Waals surface area contributed by atoms with Crippen LogP contribution in [0.15, 0.2) is 18.2 Å². The molecule has 1 aromatic carbocycles. The Bertz CT molecular complexity index is 333. The smallest absolute Gasteiger partial charge is 0.123 e. The van der Waals surface area contributed by atoms with Crippen molar-refractivity contribution in [3.8, 4) is 5.75 Å². The van der Waals surface area contributed by atoms with Crippen molar-refractivity contribution >= 4 is 15.9 Å². The van der Waals surface area contributed by atoms with Crippen LogP contribution in [0.1, 0.15) is 25.0 Å². The third-order valence-electron chi connectivity index (χ3n) is 2.48. The van der Waals surface area contributed by atoms with E-state index in [4.69, 9.17) is 4.74 Å². The van der Waals surface area contributed by atoms with Crippen LogP contribution < -0.4 is 4.74 Å². The third kappa shape index (κ3) is 2.11. The molecule has 0 radical (unpaired) electrons. The van der Waals surface area contributed by atoms with Gasteiger partial charge in [-0.2, -0.15) is 0 Å². The number of halogens is 1. The zero-order chi connectivity index (χ0) is 10.1. The third-order valence-corrected chi connectivity index (χ3v) is 2.80. The van der Waals surface area contributed by atoms with Gasteiger partial charge in [0, 0.05) is 11.2 Å². The van der Waals surface area contributed by atoms with Crippen molar-refractivity contribution in [2.24, 2.45) is 0 Å². The first-order chi connectivity index (χ1) is 6.65. The maximum atomic E-state index is 5.66. The lowest BCUT2D eigenvalue weighted by Gasteiger charge is -2.05. The maximum Gasteiger partial charge on any atom is 0.123 e. The van der Waals surface area contributed by atoms with E-state index in [0.29, 0.717) is 10.9 Å². The van der Waals surface area contributed by atoms with Gasteiger partial charge >= 0.3 is 0 Å². The van der Waals surface area contributed by atoms with E-state index in [9.17, 15) is 0 Å². The minimum atomic E-state index is 0.349. The SMILES string of the molecule is CC(Br)Cc1ccc2c(c1)CC(C)O2. The summed E-state index contributed by atoms with van der Waals surface area (Å²) in [6.45, 7) is 4.29. The van der Waals surface area contributed by atoms with Gasteiger partial charge in [-0.05, 0) is 30.5 Å². The largest absolute Gasteiger partial charge is 0.490 e. The molecular formula is C12H15BrO. The van der Waals surface area contributed by atoms with Crippen LogP contribution in [0.3, 0.4) is 0 Å². The summed E-state index contributed by atoms with van der Waals surface area (Å²) in [5.74, 6) is 1.07. The molecule has 0 N–H and O–H groups in total. The molecule has 0 aliphatic carbocycles. The van der Waals surface area contributed by atoms with Gasteiger partial charge in [-0.3, -0.25) is 0 Å². The zero-order valence-electron chi connectivity index (χ0n) is 8.59. The van der Waals surface area contributed by atoms with Gasteiger partial charge in [0.05, 0.1) is 0 Å². The molecule has 0 bridgehead atoms. The molecule has 14 heavy (non-hydrogen) atoms. The Morgan fingerprint density at radius 3 is 3.07 bits per heavy atom. The minimum Gasteiger partial charge on any atom is -0.490 e. The van der Waals surface area contributed by atoms with Gasteiger partial charge in [-0.15, -0.1) is 0 Å². The van der Waals surface area contributed by atoms with E-state index in [2.05, 4.69) is 48.0 Å². The number of hydrogen-bond donors (Lipinski definition) is 0. The van der Waals surface area contributed by atoms with Gasteiger partial charge in [-0.1, -0.05) is 35.0 Å². The molecule has 0 spiro atoms. The molecule has 1 aliphatic heterocycles. The molecule has 0 fully saturated rings. The zero-order valence-corrected chi connectivity index (χ0v) is 10.2. The Hall–Kier alpha value is -0.500. The Labute approximate surface area is 93.6 Å². The summed E-state index contributed by atoms with van der Waals surface area (Å²) in [6.07, 6.45) is 2.49. The van der Waals surface area contributed by atoms with E-state index in [0.717, 1.165) is 18.6 Å². The van der Waals surface area contributed by atoms with E-state index in [1.54, 1.807) is 0 Å². The average molecular weight is 255 g/mol. The Morgan fingerprint density at radius 1 is 1.57 bits per heavy atom. The molecule has 0 saturated carbocycles. The van der Waals surface area contributed by atoms with Crippen LogP contribution in [0.4, 0.5) is 0 Å². The molecule has 0 amide bonds. The normalized spacial score (nSPS) is 21.5. The van der Waals surface area contributed by atoms with Gasteiger partial charge in [0.15, 0.2) is 0 Å². The van der Waals surface area contributed by atoms with Crippen LogP contribution in [0.2, 0.25) is 0 Å². The first-order valence-corrected chi connectivity index (χ1v) is 5.99. The van der Waals surface area contributed by atoms with E-state index in [1.807, 2.05) is 0 Å². The van der Waals surface area contributed by atoms with Gasteiger partial charge in [0.25, 0.3) is 0 Å². The summed E-state index contributed by atoms with van der Waals surface area (Å²) in [7, 11) is 0. The lowest BCUT2D eigenvalue weighted by atomic mass is 10.0. The molecule has 1 heterocycles. The maximum absolute atomic E-state index is 5.66. The van der Waals surface area contributed by atoms with Gasteiger partial charge < -0.3 is 4.74 Å². The second-order valence-corrected chi connectivity index (χ2v) is 5.62. The number of benzene rings is 1. The summed E-state index contributed by atoms with van der Waals surface area (Å²) in [4.78, 5) is 0.542. The van der Waals surface area contributed by atoms with Crippen molar-refractivity contribution in [2.75, 3.05) is 0 Å². The van der Waals surface area contributed by atoms with E-state index in [1.165, 1.54) is 11.1 Å². The number of alkyl halides is 1. The van der Waals surface area contributed by atoms with Crippen LogP contribution in [0.25, 0.3) is 0 Å². The topological polar surface area (TPSA) is 9.23 Å². The highest BCUT2D eigenvalue weighted by Gasteiger charge is 2.18. The number of rotatable bonds is 2. The Balaban J connectivity index is 2.20. The van der Waals surface area contributed by atoms with Crippen LogP contribution >= 0.6 is 15.9 Å². The molecule has 1 aromatic rings. The van der Waals surface area contributed by atoms with Gasteiger partial charge in [0.1, 0.15) is 11.9 Å². The minimum absolute atomic E-state index is 0.349. The van der Waals surface area contributed by atoms with E-state index in [-0.39, 0.29) is 0 Å². The Kier molecular flexibility index (Phi) is 2.82. The van der Waals surface area contributed by atoms with Crippen molar-refractivity contribution in [3.05, 3.63) is 29.3 Å². The van der Waals surface area contributed by atoms with Crippen molar-refractivity contribution in [1.29, 1.82) is 0 Å². The van der Waals surface area contributed by atoms with Crippen molar-refractivity contribution in [1.82, 2.24) is 0 Å². The second-order valence-electron chi connectivity index (χ2n) is 4.06. The van der Waals surface area contributed by atoms with E-state index >= 15 is 0 Å². The van der Waals surface area contributed by atoms with Crippen LogP contribution in [-0.2, 0) is 12.8 Å². The molecule has 2 unspecified atom stereocenters. The molecule has 1 nitrogen and oxygen atoms in total. The molecular weight excluding hydrogens is 240 g/mol. The molecule has 0 saturated heterocycles. The summed E-state index contributed by atoms with van der Waals surface area (Å²) >= 11 is 3.57. The molecule has 1 aliphatic rings. The fraction of sp³-hybridized carbons (Fsp3) is 0.500. The summed E-state index contributed by atoms with van der Waals surface area (Å²) in [5.41, 5.74) is 2.76. The number of ether oxygens (including phenoxy) is 1.